The molecule has 3 N–H and O–H groups in total. The van der Waals surface area contributed by atoms with Gasteiger partial charge in [0.05, 0.1) is 5.60 Å². The lowest BCUT2D eigenvalue weighted by molar-refractivity contribution is -0.187. The molecule has 7 unspecified atom stereocenters. The van der Waals surface area contributed by atoms with Crippen molar-refractivity contribution in [1.82, 2.24) is 0 Å². The third-order valence-electron chi connectivity index (χ3n) is 10.1. The standard InChI is InChI=1S/C23H39NO.CH4O/c1-15(24)17-6-7-18-16-8-10-20(2)14-21(3,25)12-13-23(20,5)19(16)9-11-22(17,18)4;1-2/h16-19,24-25H,6-14H2,1-5H3;2H,1H3/t16?,17?,18?,19?,20?,21-,22?,23?;/m1./s1. The minimum Gasteiger partial charge on any atom is -0.400 e. The maximum Gasteiger partial charge on any atom is 0.0625 e. The first kappa shape index (κ1) is 21.3. The van der Waals surface area contributed by atoms with Gasteiger partial charge in [0.1, 0.15) is 0 Å². The van der Waals surface area contributed by atoms with E-state index >= 15 is 0 Å². The van der Waals surface area contributed by atoms with Gasteiger partial charge in [-0.15, -0.1) is 0 Å². The molecule has 4 fully saturated rings. The van der Waals surface area contributed by atoms with E-state index in [4.69, 9.17) is 10.5 Å². The fraction of sp³-hybridized carbons (Fsp3) is 0.958. The van der Waals surface area contributed by atoms with Gasteiger partial charge in [0.25, 0.3) is 0 Å². The van der Waals surface area contributed by atoms with E-state index < -0.39 is 5.60 Å². The topological polar surface area (TPSA) is 64.3 Å². The first-order valence-corrected chi connectivity index (χ1v) is 11.2. The maximum absolute atomic E-state index is 10.8. The van der Waals surface area contributed by atoms with Crippen LogP contribution in [0.5, 0.6) is 0 Å². The molecule has 0 aliphatic heterocycles. The lowest BCUT2D eigenvalue weighted by Gasteiger charge is -2.66. The van der Waals surface area contributed by atoms with Gasteiger partial charge in [0.15, 0.2) is 0 Å². The number of aliphatic hydroxyl groups excluding tert-OH is 1. The van der Waals surface area contributed by atoms with Crippen LogP contribution in [0.1, 0.15) is 92.4 Å². The third kappa shape index (κ3) is 3.03. The first-order chi connectivity index (χ1) is 12.5. The van der Waals surface area contributed by atoms with Crippen LogP contribution in [0, 0.1) is 45.3 Å². The Morgan fingerprint density at radius 2 is 1.52 bits per heavy atom. The number of hydrogen-bond acceptors (Lipinski definition) is 3. The zero-order chi connectivity index (χ0) is 20.3. The Morgan fingerprint density at radius 1 is 0.852 bits per heavy atom. The van der Waals surface area contributed by atoms with Crippen molar-refractivity contribution in [2.75, 3.05) is 7.11 Å². The highest BCUT2D eigenvalue weighted by Gasteiger charge is 2.64. The highest BCUT2D eigenvalue weighted by Crippen LogP contribution is 2.71. The van der Waals surface area contributed by atoms with Crippen LogP contribution >= 0.6 is 0 Å². The van der Waals surface area contributed by atoms with Crippen LogP contribution in [-0.2, 0) is 0 Å². The molecular weight excluding hydrogens is 334 g/mol. The van der Waals surface area contributed by atoms with Crippen molar-refractivity contribution in [1.29, 1.82) is 5.41 Å². The molecular formula is C24H43NO2. The summed E-state index contributed by atoms with van der Waals surface area (Å²) in [6, 6.07) is 0. The van der Waals surface area contributed by atoms with Crippen molar-refractivity contribution >= 4 is 5.71 Å². The van der Waals surface area contributed by atoms with Crippen molar-refractivity contribution in [2.45, 2.75) is 98.0 Å². The van der Waals surface area contributed by atoms with Crippen molar-refractivity contribution in [2.24, 2.45) is 39.9 Å². The summed E-state index contributed by atoms with van der Waals surface area (Å²) < 4.78 is 0. The van der Waals surface area contributed by atoms with Crippen LogP contribution in [0.25, 0.3) is 0 Å². The Hall–Kier alpha value is -0.410. The summed E-state index contributed by atoms with van der Waals surface area (Å²) in [4.78, 5) is 0. The zero-order valence-corrected chi connectivity index (χ0v) is 18.6. The Bertz CT molecular complexity index is 587. The lowest BCUT2D eigenvalue weighted by Crippen LogP contribution is -2.60. The maximum atomic E-state index is 10.8. The van der Waals surface area contributed by atoms with Crippen LogP contribution in [0.2, 0.25) is 0 Å². The molecule has 4 aliphatic rings. The first-order valence-electron chi connectivity index (χ1n) is 11.2. The van der Waals surface area contributed by atoms with Gasteiger partial charge in [-0.3, -0.25) is 0 Å². The molecule has 3 heteroatoms. The van der Waals surface area contributed by atoms with Crippen LogP contribution < -0.4 is 0 Å². The number of fused-ring (bicyclic) bond motifs is 5. The van der Waals surface area contributed by atoms with Crippen LogP contribution in [0.15, 0.2) is 0 Å². The van der Waals surface area contributed by atoms with Gasteiger partial charge in [-0.25, -0.2) is 0 Å². The molecule has 8 atom stereocenters. The molecule has 4 aliphatic carbocycles. The average Bonchev–Trinajstić information content (AvgIpc) is 2.95. The van der Waals surface area contributed by atoms with Gasteiger partial charge in [-0.1, -0.05) is 20.8 Å². The van der Waals surface area contributed by atoms with Gasteiger partial charge < -0.3 is 15.6 Å². The summed E-state index contributed by atoms with van der Waals surface area (Å²) in [5.74, 6) is 3.07. The monoisotopic (exact) mass is 377 g/mol. The van der Waals surface area contributed by atoms with E-state index in [9.17, 15) is 5.11 Å². The summed E-state index contributed by atoms with van der Waals surface area (Å²) in [6.07, 6.45) is 11.1. The molecule has 0 aromatic heterocycles. The third-order valence-corrected chi connectivity index (χ3v) is 10.1. The van der Waals surface area contributed by atoms with Crippen LogP contribution in [0.4, 0.5) is 0 Å². The largest absolute Gasteiger partial charge is 0.400 e. The van der Waals surface area contributed by atoms with E-state index in [-0.39, 0.29) is 0 Å². The predicted molar refractivity (Wildman–Crippen MR) is 112 cm³/mol. The lowest BCUT2D eigenvalue weighted by atomic mass is 9.39. The molecule has 0 radical (unpaired) electrons. The quantitative estimate of drug-likeness (QED) is 0.533. The fourth-order valence-electron chi connectivity index (χ4n) is 8.65. The molecule has 4 rings (SSSR count). The van der Waals surface area contributed by atoms with E-state index in [1.54, 1.807) is 0 Å². The minimum absolute atomic E-state index is 0.305. The van der Waals surface area contributed by atoms with Gasteiger partial charge in [-0.2, -0.15) is 0 Å². The summed E-state index contributed by atoms with van der Waals surface area (Å²) >= 11 is 0. The van der Waals surface area contributed by atoms with E-state index in [1.165, 1.54) is 44.9 Å². The molecule has 0 saturated heterocycles. The van der Waals surface area contributed by atoms with Gasteiger partial charge in [0.2, 0.25) is 0 Å². The Kier molecular flexibility index (Phi) is 5.39. The molecule has 0 aromatic rings. The normalized spacial score (nSPS) is 54.1. The molecule has 0 aromatic carbocycles. The summed E-state index contributed by atoms with van der Waals surface area (Å²) in [6.45, 7) is 11.7. The van der Waals surface area contributed by atoms with E-state index in [0.717, 1.165) is 43.4 Å². The van der Waals surface area contributed by atoms with Gasteiger partial charge in [0, 0.05) is 18.7 Å². The second kappa shape index (κ2) is 6.83. The number of hydrogen-bond donors (Lipinski definition) is 3. The highest BCUT2D eigenvalue weighted by atomic mass is 16.3. The molecule has 3 nitrogen and oxygen atoms in total. The van der Waals surface area contributed by atoms with Crippen molar-refractivity contribution < 1.29 is 10.2 Å². The van der Waals surface area contributed by atoms with Gasteiger partial charge in [-0.05, 0) is 106 Å². The predicted octanol–water partition coefficient (Wildman–Crippen LogP) is 5.43. The average molecular weight is 378 g/mol. The minimum atomic E-state index is -0.458. The zero-order valence-electron chi connectivity index (χ0n) is 18.6. The smallest absolute Gasteiger partial charge is 0.0625 e. The van der Waals surface area contributed by atoms with Gasteiger partial charge >= 0.3 is 0 Å². The van der Waals surface area contributed by atoms with Crippen molar-refractivity contribution in [3.05, 3.63) is 0 Å². The Balaban J connectivity index is 0.00000102. The second-order valence-electron chi connectivity index (χ2n) is 11.4. The highest BCUT2D eigenvalue weighted by molar-refractivity contribution is 5.82. The van der Waals surface area contributed by atoms with Crippen LogP contribution in [-0.4, -0.2) is 28.6 Å². The molecule has 27 heavy (non-hydrogen) atoms. The summed E-state index contributed by atoms with van der Waals surface area (Å²) in [5.41, 5.74) is 1.57. The van der Waals surface area contributed by atoms with E-state index in [2.05, 4.69) is 27.7 Å². The summed E-state index contributed by atoms with van der Waals surface area (Å²) in [7, 11) is 1.00. The van der Waals surface area contributed by atoms with Crippen LogP contribution in [0.3, 0.4) is 0 Å². The van der Waals surface area contributed by atoms with Crippen molar-refractivity contribution in [3.63, 3.8) is 0 Å². The Morgan fingerprint density at radius 3 is 2.15 bits per heavy atom. The summed E-state index contributed by atoms with van der Waals surface area (Å²) in [5, 5.41) is 26.1. The molecule has 0 spiro atoms. The number of rotatable bonds is 1. The molecule has 4 saturated carbocycles. The SMILES string of the molecule is CC(=N)C1CCC2C3CCC4(C)C[C@](C)(O)CCC4(C)C3CCC12C.CO. The second-order valence-corrected chi connectivity index (χ2v) is 11.4. The molecule has 0 heterocycles. The fourth-order valence-corrected chi connectivity index (χ4v) is 8.65. The molecule has 0 bridgehead atoms. The number of aliphatic hydroxyl groups is 2. The molecule has 156 valence electrons. The van der Waals surface area contributed by atoms with E-state index in [1.807, 2.05) is 6.92 Å². The molecule has 0 amide bonds. The van der Waals surface area contributed by atoms with E-state index in [0.29, 0.717) is 22.2 Å². The number of nitrogens with one attached hydrogen (secondary N) is 1. The Labute approximate surface area is 166 Å². The van der Waals surface area contributed by atoms with Crippen molar-refractivity contribution in [3.8, 4) is 0 Å².